The van der Waals surface area contributed by atoms with Crippen LogP contribution >= 0.6 is 11.6 Å². The second kappa shape index (κ2) is 4.44. The normalized spacial score (nSPS) is 12.6. The number of aliphatic hydroxyl groups is 1. The Kier molecular flexibility index (Phi) is 3.51. The first-order valence-electron chi connectivity index (χ1n) is 3.76. The Labute approximate surface area is 80.9 Å². The van der Waals surface area contributed by atoms with Gasteiger partial charge in [0.1, 0.15) is 0 Å². The van der Waals surface area contributed by atoms with Gasteiger partial charge in [-0.05, 0) is 17.7 Å². The third-order valence-electron chi connectivity index (χ3n) is 1.71. The molecule has 0 spiro atoms. The van der Waals surface area contributed by atoms with Gasteiger partial charge in [-0.15, -0.1) is 11.6 Å². The fourth-order valence-corrected chi connectivity index (χ4v) is 1.16. The molecule has 1 aromatic carbocycles. The maximum Gasteiger partial charge on any atom is 0.165 e. The van der Waals surface area contributed by atoms with E-state index in [2.05, 4.69) is 0 Å². The first-order chi connectivity index (χ1) is 6.19. The summed E-state index contributed by atoms with van der Waals surface area (Å²) in [6.45, 7) is 0. The highest BCUT2D eigenvalue weighted by atomic mass is 35.5. The highest BCUT2D eigenvalue weighted by molar-refractivity contribution is 6.18. The van der Waals surface area contributed by atoms with E-state index in [9.17, 15) is 9.50 Å². The number of halogens is 2. The number of hydrogen-bond donors (Lipinski definition) is 1. The van der Waals surface area contributed by atoms with E-state index in [1.54, 1.807) is 6.07 Å². The van der Waals surface area contributed by atoms with Crippen molar-refractivity contribution in [2.24, 2.45) is 0 Å². The molecule has 0 fully saturated rings. The fraction of sp³-hybridized carbons (Fsp3) is 0.333. The number of alkyl halides is 1. The van der Waals surface area contributed by atoms with Gasteiger partial charge in [-0.3, -0.25) is 0 Å². The summed E-state index contributed by atoms with van der Waals surface area (Å²) < 4.78 is 17.8. The summed E-state index contributed by atoms with van der Waals surface area (Å²) in [6, 6.07) is 4.25. The minimum atomic E-state index is -0.831. The topological polar surface area (TPSA) is 29.5 Å². The van der Waals surface area contributed by atoms with Crippen LogP contribution in [0.4, 0.5) is 4.39 Å². The molecule has 0 aliphatic rings. The molecule has 0 bridgehead atoms. The molecule has 0 unspecified atom stereocenters. The van der Waals surface area contributed by atoms with Gasteiger partial charge in [0.25, 0.3) is 0 Å². The third-order valence-corrected chi connectivity index (χ3v) is 2.00. The van der Waals surface area contributed by atoms with Crippen LogP contribution in [0.1, 0.15) is 11.7 Å². The number of hydrogen-bond acceptors (Lipinski definition) is 2. The lowest BCUT2D eigenvalue weighted by Crippen LogP contribution is -1.99. The molecule has 1 N–H and O–H groups in total. The van der Waals surface area contributed by atoms with Crippen molar-refractivity contribution in [2.75, 3.05) is 13.0 Å². The molecule has 0 aromatic heterocycles. The molecule has 13 heavy (non-hydrogen) atoms. The Balaban J connectivity index is 2.95. The number of aliphatic hydroxyl groups excluding tert-OH is 1. The number of methoxy groups -OCH3 is 1. The molecule has 0 radical (unpaired) electrons. The Morgan fingerprint density at radius 2 is 2.31 bits per heavy atom. The van der Waals surface area contributed by atoms with Crippen molar-refractivity contribution in [3.8, 4) is 5.75 Å². The lowest BCUT2D eigenvalue weighted by Gasteiger charge is -2.08. The minimum Gasteiger partial charge on any atom is -0.494 e. The first kappa shape index (κ1) is 10.3. The van der Waals surface area contributed by atoms with Crippen molar-refractivity contribution >= 4 is 11.6 Å². The average molecular weight is 205 g/mol. The van der Waals surface area contributed by atoms with Crippen LogP contribution in [0.3, 0.4) is 0 Å². The maximum absolute atomic E-state index is 13.1. The minimum absolute atomic E-state index is 0.0474. The fourth-order valence-electron chi connectivity index (χ4n) is 0.979. The largest absolute Gasteiger partial charge is 0.494 e. The number of ether oxygens (including phenoxy) is 1. The zero-order chi connectivity index (χ0) is 9.84. The summed E-state index contributed by atoms with van der Waals surface area (Å²) in [6.07, 6.45) is -0.831. The molecule has 0 aliphatic carbocycles. The van der Waals surface area contributed by atoms with Gasteiger partial charge in [-0.25, -0.2) is 4.39 Å². The van der Waals surface area contributed by atoms with Crippen molar-refractivity contribution in [1.29, 1.82) is 0 Å². The Morgan fingerprint density at radius 3 is 2.77 bits per heavy atom. The van der Waals surface area contributed by atoms with Gasteiger partial charge in [-0.2, -0.15) is 0 Å². The Hall–Kier alpha value is -0.800. The van der Waals surface area contributed by atoms with Gasteiger partial charge in [-0.1, -0.05) is 6.07 Å². The quantitative estimate of drug-likeness (QED) is 0.765. The predicted octanol–water partition coefficient (Wildman–Crippen LogP) is 2.11. The molecular formula is C9H10ClFO2. The van der Waals surface area contributed by atoms with E-state index in [1.807, 2.05) is 0 Å². The van der Waals surface area contributed by atoms with Crippen molar-refractivity contribution in [3.05, 3.63) is 29.6 Å². The second-order valence-electron chi connectivity index (χ2n) is 2.56. The van der Waals surface area contributed by atoms with E-state index in [-0.39, 0.29) is 11.6 Å². The van der Waals surface area contributed by atoms with E-state index in [4.69, 9.17) is 16.3 Å². The van der Waals surface area contributed by atoms with E-state index >= 15 is 0 Å². The molecule has 72 valence electrons. The maximum atomic E-state index is 13.1. The zero-order valence-electron chi connectivity index (χ0n) is 7.13. The van der Waals surface area contributed by atoms with Gasteiger partial charge in [0.05, 0.1) is 19.1 Å². The molecule has 1 rings (SSSR count). The Bertz CT molecular complexity index is 291. The van der Waals surface area contributed by atoms with Crippen LogP contribution < -0.4 is 4.74 Å². The summed E-state index contributed by atoms with van der Waals surface area (Å²) in [5.74, 6) is -0.291. The molecule has 0 saturated heterocycles. The number of benzene rings is 1. The second-order valence-corrected chi connectivity index (χ2v) is 2.87. The summed E-state index contributed by atoms with van der Waals surface area (Å²) in [5, 5.41) is 9.28. The molecule has 0 heterocycles. The lowest BCUT2D eigenvalue weighted by atomic mass is 10.1. The van der Waals surface area contributed by atoms with Crippen molar-refractivity contribution in [1.82, 2.24) is 0 Å². The van der Waals surface area contributed by atoms with Crippen LogP contribution in [0.15, 0.2) is 18.2 Å². The van der Waals surface area contributed by atoms with Crippen LogP contribution in [-0.4, -0.2) is 18.1 Å². The van der Waals surface area contributed by atoms with Crippen molar-refractivity contribution in [3.63, 3.8) is 0 Å². The number of rotatable bonds is 3. The summed E-state index contributed by atoms with van der Waals surface area (Å²) >= 11 is 5.41. The van der Waals surface area contributed by atoms with Gasteiger partial charge in [0.15, 0.2) is 11.6 Å². The van der Waals surface area contributed by atoms with Gasteiger partial charge >= 0.3 is 0 Å². The molecule has 4 heteroatoms. The monoisotopic (exact) mass is 204 g/mol. The molecule has 2 nitrogen and oxygen atoms in total. The van der Waals surface area contributed by atoms with Crippen molar-refractivity contribution < 1.29 is 14.2 Å². The van der Waals surface area contributed by atoms with Gasteiger partial charge in [0, 0.05) is 0 Å². The summed E-state index contributed by atoms with van der Waals surface area (Å²) in [5.41, 5.74) is 0.452. The first-order valence-corrected chi connectivity index (χ1v) is 4.30. The molecule has 0 saturated carbocycles. The van der Waals surface area contributed by atoms with E-state index < -0.39 is 11.9 Å². The molecule has 1 aromatic rings. The highest BCUT2D eigenvalue weighted by Gasteiger charge is 2.09. The Morgan fingerprint density at radius 1 is 1.62 bits per heavy atom. The van der Waals surface area contributed by atoms with Gasteiger partial charge < -0.3 is 9.84 Å². The molecule has 0 amide bonds. The molecule has 0 aliphatic heterocycles. The van der Waals surface area contributed by atoms with Crippen molar-refractivity contribution in [2.45, 2.75) is 6.10 Å². The van der Waals surface area contributed by atoms with E-state index in [1.165, 1.54) is 19.2 Å². The van der Waals surface area contributed by atoms with Crippen LogP contribution in [0.2, 0.25) is 0 Å². The predicted molar refractivity (Wildman–Crippen MR) is 48.6 cm³/mol. The average Bonchev–Trinajstić information content (AvgIpc) is 2.16. The lowest BCUT2D eigenvalue weighted by molar-refractivity contribution is 0.202. The van der Waals surface area contributed by atoms with Gasteiger partial charge in [0.2, 0.25) is 0 Å². The SMILES string of the molecule is COc1ccc([C@H](O)CCl)cc1F. The van der Waals surface area contributed by atoms with Crippen LogP contribution in [0.5, 0.6) is 5.75 Å². The molecule has 1 atom stereocenters. The summed E-state index contributed by atoms with van der Waals surface area (Å²) in [7, 11) is 1.38. The summed E-state index contributed by atoms with van der Waals surface area (Å²) in [4.78, 5) is 0. The third kappa shape index (κ3) is 2.32. The highest BCUT2D eigenvalue weighted by Crippen LogP contribution is 2.22. The van der Waals surface area contributed by atoms with Crippen LogP contribution in [0, 0.1) is 5.82 Å². The smallest absolute Gasteiger partial charge is 0.165 e. The van der Waals surface area contributed by atoms with E-state index in [0.29, 0.717) is 5.56 Å². The standard InChI is InChI=1S/C9H10ClFO2/c1-13-9-3-2-6(4-7(9)11)8(12)5-10/h2-4,8,12H,5H2,1H3/t8-/m1/s1. The molecular weight excluding hydrogens is 195 g/mol. The van der Waals surface area contributed by atoms with E-state index in [0.717, 1.165) is 0 Å². The zero-order valence-corrected chi connectivity index (χ0v) is 7.88. The van der Waals surface area contributed by atoms with Crippen LogP contribution in [-0.2, 0) is 0 Å². The van der Waals surface area contributed by atoms with Crippen LogP contribution in [0.25, 0.3) is 0 Å².